The normalized spacial score (nSPS) is 12.1. The van der Waals surface area contributed by atoms with Crippen molar-refractivity contribution >= 4 is 28.7 Å². The van der Waals surface area contributed by atoms with E-state index in [1.165, 1.54) is 18.3 Å². The maximum Gasteiger partial charge on any atom is 0.416 e. The molecule has 3 aromatic carbocycles. The summed E-state index contributed by atoms with van der Waals surface area (Å²) in [6, 6.07) is 20.7. The van der Waals surface area contributed by atoms with E-state index in [-0.39, 0.29) is 11.4 Å². The summed E-state index contributed by atoms with van der Waals surface area (Å²) in [7, 11) is 0. The van der Waals surface area contributed by atoms with Crippen LogP contribution in [0, 0.1) is 13.8 Å². The third kappa shape index (κ3) is 4.68. The lowest BCUT2D eigenvalue weighted by atomic mass is 10.1. The number of hydrogen-bond donors (Lipinski definition) is 0. The monoisotopic (exact) mass is 520 g/mol. The fraction of sp³-hybridized carbons (Fsp3) is 0.107. The van der Waals surface area contributed by atoms with Gasteiger partial charge >= 0.3 is 6.18 Å². The number of fused-ring (bicyclic) bond motifs is 1. The van der Waals surface area contributed by atoms with Crippen molar-refractivity contribution in [2.45, 2.75) is 20.0 Å². The largest absolute Gasteiger partial charge is 0.416 e. The number of hydrogen-bond acceptors (Lipinski definition) is 3. The van der Waals surface area contributed by atoms with E-state index in [2.05, 4.69) is 10.1 Å². The van der Waals surface area contributed by atoms with Gasteiger partial charge in [0.1, 0.15) is 0 Å². The van der Waals surface area contributed by atoms with Crippen molar-refractivity contribution in [2.24, 2.45) is 5.10 Å². The van der Waals surface area contributed by atoms with E-state index in [0.29, 0.717) is 15.9 Å². The van der Waals surface area contributed by atoms with Crippen LogP contribution in [0.3, 0.4) is 0 Å². The highest BCUT2D eigenvalue weighted by Crippen LogP contribution is 2.32. The van der Waals surface area contributed by atoms with E-state index in [1.807, 2.05) is 42.7 Å². The number of aryl methyl sites for hydroxylation is 1. The zero-order valence-electron chi connectivity index (χ0n) is 19.8. The number of aromatic nitrogens is 3. The van der Waals surface area contributed by atoms with Crippen LogP contribution in [0.25, 0.3) is 28.0 Å². The highest BCUT2D eigenvalue weighted by atomic mass is 35.5. The van der Waals surface area contributed by atoms with Crippen molar-refractivity contribution in [3.63, 3.8) is 0 Å². The molecule has 0 spiro atoms. The Hall–Kier alpha value is -4.17. The minimum absolute atomic E-state index is 0.00898. The van der Waals surface area contributed by atoms with Crippen molar-refractivity contribution in [1.82, 2.24) is 14.2 Å². The van der Waals surface area contributed by atoms with E-state index in [0.717, 1.165) is 39.4 Å². The molecule has 0 N–H and O–H groups in total. The van der Waals surface area contributed by atoms with Crippen molar-refractivity contribution in [1.29, 1.82) is 0 Å². The fourth-order valence-electron chi connectivity index (χ4n) is 4.30. The van der Waals surface area contributed by atoms with Gasteiger partial charge in [-0.05, 0) is 62.4 Å². The second kappa shape index (κ2) is 9.37. The summed E-state index contributed by atoms with van der Waals surface area (Å²) in [6.07, 6.45) is -3.03. The van der Waals surface area contributed by atoms with Crippen molar-refractivity contribution in [2.75, 3.05) is 0 Å². The standard InChI is InChI=1S/C28H20ClF3N4O/c1-17-13-20(18(2)35(17)23-10-6-9-22(29)15-23)16-33-36-26(19-7-5-8-21(14-19)28(30,31)32)34-25-12-4-3-11-24(25)27(36)37/h3-16H,1-2H3. The Morgan fingerprint density at radius 2 is 1.70 bits per heavy atom. The first-order chi connectivity index (χ1) is 17.6. The number of para-hydroxylation sites is 1. The predicted octanol–water partition coefficient (Wildman–Crippen LogP) is 7.03. The Kier molecular flexibility index (Phi) is 6.21. The molecule has 0 aliphatic heterocycles. The minimum atomic E-state index is -4.54. The molecule has 0 unspecified atom stereocenters. The molecule has 0 aliphatic carbocycles. The summed E-state index contributed by atoms with van der Waals surface area (Å²) in [5.74, 6) is 0.00898. The lowest BCUT2D eigenvalue weighted by Gasteiger charge is -2.12. The molecule has 0 amide bonds. The van der Waals surface area contributed by atoms with Crippen LogP contribution in [-0.4, -0.2) is 20.4 Å². The van der Waals surface area contributed by atoms with E-state index < -0.39 is 17.3 Å². The maximum atomic E-state index is 13.4. The molecule has 0 saturated carbocycles. The molecule has 0 fully saturated rings. The van der Waals surface area contributed by atoms with Crippen LogP contribution < -0.4 is 5.56 Å². The third-order valence-corrected chi connectivity index (χ3v) is 6.29. The average molecular weight is 521 g/mol. The number of rotatable bonds is 4. The van der Waals surface area contributed by atoms with Gasteiger partial charge < -0.3 is 4.57 Å². The number of nitrogens with zero attached hydrogens (tertiary/aromatic N) is 4. The topological polar surface area (TPSA) is 52.2 Å². The molecule has 2 aromatic heterocycles. The molecule has 5 rings (SSSR count). The van der Waals surface area contributed by atoms with E-state index in [9.17, 15) is 18.0 Å². The van der Waals surface area contributed by atoms with Gasteiger partial charge in [-0.2, -0.15) is 22.9 Å². The third-order valence-electron chi connectivity index (χ3n) is 6.05. The molecule has 9 heteroatoms. The zero-order valence-corrected chi connectivity index (χ0v) is 20.5. The van der Waals surface area contributed by atoms with Crippen LogP contribution in [0.4, 0.5) is 13.2 Å². The summed E-state index contributed by atoms with van der Waals surface area (Å²) >= 11 is 6.17. The average Bonchev–Trinajstić information content (AvgIpc) is 3.15. The molecule has 5 aromatic rings. The molecule has 0 radical (unpaired) electrons. The zero-order chi connectivity index (χ0) is 26.3. The SMILES string of the molecule is Cc1cc(C=Nn2c(-c3cccc(C(F)(F)F)c3)nc3ccccc3c2=O)c(C)n1-c1cccc(Cl)c1. The van der Waals surface area contributed by atoms with Crippen molar-refractivity contribution < 1.29 is 13.2 Å². The van der Waals surface area contributed by atoms with Gasteiger partial charge in [0.25, 0.3) is 5.56 Å². The van der Waals surface area contributed by atoms with Gasteiger partial charge in [0, 0.05) is 33.2 Å². The summed E-state index contributed by atoms with van der Waals surface area (Å²) in [6.45, 7) is 3.84. The van der Waals surface area contributed by atoms with Gasteiger partial charge in [-0.3, -0.25) is 4.79 Å². The Morgan fingerprint density at radius 1 is 0.946 bits per heavy atom. The highest BCUT2D eigenvalue weighted by molar-refractivity contribution is 6.30. The Bertz CT molecular complexity index is 1730. The number of halogens is 4. The van der Waals surface area contributed by atoms with Crippen molar-refractivity contribution in [3.8, 4) is 17.1 Å². The first-order valence-corrected chi connectivity index (χ1v) is 11.7. The quantitative estimate of drug-likeness (QED) is 0.239. The molecule has 0 atom stereocenters. The first kappa shape index (κ1) is 24.5. The van der Waals surface area contributed by atoms with Crippen LogP contribution in [0.15, 0.2) is 88.8 Å². The summed E-state index contributed by atoms with van der Waals surface area (Å²) < 4.78 is 43.3. The second-order valence-electron chi connectivity index (χ2n) is 8.53. The summed E-state index contributed by atoms with van der Waals surface area (Å²) in [5.41, 5.74) is 2.54. The molecular formula is C28H20ClF3N4O. The van der Waals surface area contributed by atoms with Crippen molar-refractivity contribution in [3.05, 3.63) is 117 Å². The number of alkyl halides is 3. The van der Waals surface area contributed by atoms with Gasteiger partial charge in [0.05, 0.1) is 22.7 Å². The van der Waals surface area contributed by atoms with Crippen LogP contribution in [0.1, 0.15) is 22.5 Å². The molecule has 37 heavy (non-hydrogen) atoms. The molecule has 0 saturated heterocycles. The summed E-state index contributed by atoms with van der Waals surface area (Å²) in [5, 5.41) is 5.32. The molecule has 186 valence electrons. The van der Waals surface area contributed by atoms with Crippen LogP contribution in [0.5, 0.6) is 0 Å². The Labute approximate surface area is 215 Å². The minimum Gasteiger partial charge on any atom is -0.318 e. The van der Waals surface area contributed by atoms with Gasteiger partial charge in [-0.1, -0.05) is 41.9 Å². The Balaban J connectivity index is 1.67. The van der Waals surface area contributed by atoms with Gasteiger partial charge in [0.2, 0.25) is 0 Å². The van der Waals surface area contributed by atoms with Crippen LogP contribution >= 0.6 is 11.6 Å². The lowest BCUT2D eigenvalue weighted by molar-refractivity contribution is -0.137. The smallest absolute Gasteiger partial charge is 0.318 e. The second-order valence-corrected chi connectivity index (χ2v) is 8.97. The maximum absolute atomic E-state index is 13.4. The molecule has 0 aliphatic rings. The van der Waals surface area contributed by atoms with Gasteiger partial charge in [-0.15, -0.1) is 0 Å². The fourth-order valence-corrected chi connectivity index (χ4v) is 4.49. The molecule has 2 heterocycles. The van der Waals surface area contributed by atoms with Crippen LogP contribution in [0.2, 0.25) is 5.02 Å². The molecular weight excluding hydrogens is 501 g/mol. The molecule has 5 nitrogen and oxygen atoms in total. The lowest BCUT2D eigenvalue weighted by Crippen LogP contribution is -2.20. The highest BCUT2D eigenvalue weighted by Gasteiger charge is 2.31. The first-order valence-electron chi connectivity index (χ1n) is 11.3. The summed E-state index contributed by atoms with van der Waals surface area (Å²) in [4.78, 5) is 17.9. The van der Waals surface area contributed by atoms with E-state index >= 15 is 0 Å². The number of benzene rings is 3. The van der Waals surface area contributed by atoms with Gasteiger partial charge in [0.15, 0.2) is 5.82 Å². The predicted molar refractivity (Wildman–Crippen MR) is 140 cm³/mol. The van der Waals surface area contributed by atoms with Gasteiger partial charge in [-0.25, -0.2) is 4.98 Å². The Morgan fingerprint density at radius 3 is 2.46 bits per heavy atom. The molecule has 0 bridgehead atoms. The van der Waals surface area contributed by atoms with E-state index in [4.69, 9.17) is 11.6 Å². The van der Waals surface area contributed by atoms with E-state index in [1.54, 1.807) is 30.3 Å². The van der Waals surface area contributed by atoms with Crippen LogP contribution in [-0.2, 0) is 6.18 Å².